The SMILES string of the molecule is CC(CO)(CO)/C([O-])=N/S(=O)(=O)c1cccc([N+](=O)[O-])c1. The molecule has 0 fully saturated rings. The van der Waals surface area contributed by atoms with Crippen LogP contribution in [-0.4, -0.2) is 42.7 Å². The van der Waals surface area contributed by atoms with Gasteiger partial charge in [0.25, 0.3) is 15.7 Å². The predicted octanol–water partition coefficient (Wildman–Crippen LogP) is -0.967. The van der Waals surface area contributed by atoms with Crippen LogP contribution in [0.25, 0.3) is 0 Å². The molecular weight excluding hydrogens is 304 g/mol. The zero-order chi connectivity index (χ0) is 16.3. The van der Waals surface area contributed by atoms with E-state index in [4.69, 9.17) is 10.2 Å². The molecule has 0 aliphatic rings. The van der Waals surface area contributed by atoms with Crippen LogP contribution in [0, 0.1) is 15.5 Å². The molecule has 0 heterocycles. The van der Waals surface area contributed by atoms with Crippen molar-refractivity contribution in [1.29, 1.82) is 0 Å². The molecule has 0 aromatic heterocycles. The molecule has 0 atom stereocenters. The average Bonchev–Trinajstić information content (AvgIpc) is 2.45. The molecule has 0 spiro atoms. The van der Waals surface area contributed by atoms with E-state index < -0.39 is 50.1 Å². The minimum atomic E-state index is -4.47. The molecule has 1 aromatic carbocycles. The summed E-state index contributed by atoms with van der Waals surface area (Å²) in [6.45, 7) is -0.450. The van der Waals surface area contributed by atoms with Crippen LogP contribution < -0.4 is 5.11 Å². The first-order chi connectivity index (χ1) is 9.66. The molecule has 0 amide bonds. The molecule has 0 aliphatic carbocycles. The molecule has 0 aliphatic heterocycles. The monoisotopic (exact) mass is 317 g/mol. The van der Waals surface area contributed by atoms with Gasteiger partial charge in [-0.1, -0.05) is 13.0 Å². The van der Waals surface area contributed by atoms with Crippen LogP contribution in [0.2, 0.25) is 0 Å². The van der Waals surface area contributed by atoms with Gasteiger partial charge in [-0.3, -0.25) is 10.1 Å². The first-order valence-corrected chi connectivity index (χ1v) is 7.09. The molecule has 116 valence electrons. The van der Waals surface area contributed by atoms with E-state index in [-0.39, 0.29) is 0 Å². The smallest absolute Gasteiger partial charge is 0.281 e. The first kappa shape index (κ1) is 17.0. The van der Waals surface area contributed by atoms with Crippen molar-refractivity contribution in [2.75, 3.05) is 13.2 Å². The minimum Gasteiger partial charge on any atom is -0.861 e. The van der Waals surface area contributed by atoms with E-state index in [0.717, 1.165) is 31.2 Å². The van der Waals surface area contributed by atoms with Crippen molar-refractivity contribution < 1.29 is 28.7 Å². The summed E-state index contributed by atoms with van der Waals surface area (Å²) in [6, 6.07) is 4.05. The molecule has 1 aromatic rings. The lowest BCUT2D eigenvalue weighted by Gasteiger charge is -2.30. The van der Waals surface area contributed by atoms with E-state index in [1.165, 1.54) is 0 Å². The summed E-state index contributed by atoms with van der Waals surface area (Å²) in [7, 11) is -4.47. The summed E-state index contributed by atoms with van der Waals surface area (Å²) in [5.41, 5.74) is -2.21. The van der Waals surface area contributed by atoms with E-state index in [2.05, 4.69) is 4.40 Å². The molecular formula is C11H13N2O7S-. The van der Waals surface area contributed by atoms with E-state index in [9.17, 15) is 23.6 Å². The quantitative estimate of drug-likeness (QED) is 0.296. The zero-order valence-electron chi connectivity index (χ0n) is 11.0. The third-order valence-corrected chi connectivity index (χ3v) is 4.00. The first-order valence-electron chi connectivity index (χ1n) is 5.65. The Morgan fingerprint density at radius 3 is 2.43 bits per heavy atom. The van der Waals surface area contributed by atoms with Gasteiger partial charge in [-0.05, 0) is 12.0 Å². The summed E-state index contributed by atoms with van der Waals surface area (Å²) in [4.78, 5) is 9.29. The van der Waals surface area contributed by atoms with Gasteiger partial charge in [-0.25, -0.2) is 0 Å². The van der Waals surface area contributed by atoms with Gasteiger partial charge in [-0.2, -0.15) is 12.8 Å². The standard InChI is InChI=1S/C11H14N2O7S/c1-11(6-14,7-15)10(16)12-21(19,20)9-4-2-3-8(5-9)13(17)18/h2-5,14-15H,6-7H2,1H3,(H,12,16)/p-1. The lowest BCUT2D eigenvalue weighted by Crippen LogP contribution is -2.43. The number of hydrogen-bond acceptors (Lipinski definition) is 7. The van der Waals surface area contributed by atoms with Gasteiger partial charge in [0, 0.05) is 17.5 Å². The van der Waals surface area contributed by atoms with Crippen LogP contribution in [-0.2, 0) is 10.0 Å². The van der Waals surface area contributed by atoms with Crippen molar-refractivity contribution in [1.82, 2.24) is 0 Å². The summed E-state index contributed by atoms with van der Waals surface area (Å²) in [6.07, 6.45) is 0. The number of rotatable bonds is 6. The Morgan fingerprint density at radius 1 is 1.38 bits per heavy atom. The van der Waals surface area contributed by atoms with Gasteiger partial charge < -0.3 is 15.3 Å². The van der Waals surface area contributed by atoms with Crippen molar-refractivity contribution in [2.45, 2.75) is 11.8 Å². The van der Waals surface area contributed by atoms with Crippen LogP contribution in [0.15, 0.2) is 33.6 Å². The van der Waals surface area contributed by atoms with Crippen LogP contribution in [0.5, 0.6) is 0 Å². The van der Waals surface area contributed by atoms with Crippen molar-refractivity contribution in [3.63, 3.8) is 0 Å². The Bertz CT molecular complexity index is 665. The number of nitro groups is 1. The molecule has 21 heavy (non-hydrogen) atoms. The molecule has 9 nitrogen and oxygen atoms in total. The zero-order valence-corrected chi connectivity index (χ0v) is 11.8. The molecule has 0 unspecified atom stereocenters. The third kappa shape index (κ3) is 3.74. The number of nitrogens with zero attached hydrogens (tertiary/aromatic N) is 2. The fourth-order valence-corrected chi connectivity index (χ4v) is 2.28. The lowest BCUT2D eigenvalue weighted by molar-refractivity contribution is -0.385. The average molecular weight is 317 g/mol. The lowest BCUT2D eigenvalue weighted by atomic mass is 9.93. The number of non-ortho nitro benzene ring substituents is 1. The number of nitro benzene ring substituents is 1. The highest BCUT2D eigenvalue weighted by atomic mass is 32.2. The highest BCUT2D eigenvalue weighted by molar-refractivity contribution is 7.90. The largest absolute Gasteiger partial charge is 0.861 e. The third-order valence-electron chi connectivity index (χ3n) is 2.74. The van der Waals surface area contributed by atoms with E-state index in [1.54, 1.807) is 0 Å². The molecule has 0 bridgehead atoms. The molecule has 2 N–H and O–H groups in total. The number of benzene rings is 1. The Hall–Kier alpha value is -2.04. The highest BCUT2D eigenvalue weighted by Gasteiger charge is 2.26. The fourth-order valence-electron chi connectivity index (χ4n) is 1.21. The van der Waals surface area contributed by atoms with Crippen molar-refractivity contribution in [3.8, 4) is 0 Å². The number of aliphatic hydroxyl groups excluding tert-OH is 2. The van der Waals surface area contributed by atoms with Gasteiger partial charge in [0.05, 0.1) is 23.0 Å². The summed E-state index contributed by atoms with van der Waals surface area (Å²) >= 11 is 0. The summed E-state index contributed by atoms with van der Waals surface area (Å²) < 4.78 is 26.8. The second-order valence-corrected chi connectivity index (χ2v) is 6.11. The second-order valence-electron chi connectivity index (χ2n) is 4.50. The Labute approximate surface area is 120 Å². The summed E-state index contributed by atoms with van der Waals surface area (Å²) in [5, 5.41) is 40.4. The number of sulfonamides is 1. The Balaban J connectivity index is 3.29. The van der Waals surface area contributed by atoms with E-state index in [1.807, 2.05) is 0 Å². The van der Waals surface area contributed by atoms with Crippen molar-refractivity contribution in [3.05, 3.63) is 34.4 Å². The van der Waals surface area contributed by atoms with Crippen molar-refractivity contribution in [2.24, 2.45) is 9.81 Å². The Kier molecular flexibility index (Phi) is 4.99. The maximum atomic E-state index is 11.9. The molecule has 0 saturated carbocycles. The normalized spacial score (nSPS) is 13.2. The van der Waals surface area contributed by atoms with Gasteiger partial charge in [0.1, 0.15) is 0 Å². The number of aliphatic hydroxyl groups is 2. The summed E-state index contributed by atoms with van der Waals surface area (Å²) in [5.74, 6) is -1.24. The molecule has 10 heteroatoms. The maximum Gasteiger partial charge on any atom is 0.281 e. The van der Waals surface area contributed by atoms with Gasteiger partial charge in [0.15, 0.2) is 0 Å². The fraction of sp³-hybridized carbons (Fsp3) is 0.364. The second kappa shape index (κ2) is 6.16. The van der Waals surface area contributed by atoms with Gasteiger partial charge in [-0.15, -0.1) is 0 Å². The van der Waals surface area contributed by atoms with Crippen LogP contribution >= 0.6 is 0 Å². The Morgan fingerprint density at radius 2 is 1.95 bits per heavy atom. The van der Waals surface area contributed by atoms with Crippen molar-refractivity contribution >= 4 is 21.6 Å². The van der Waals surface area contributed by atoms with E-state index in [0.29, 0.717) is 0 Å². The van der Waals surface area contributed by atoms with Crippen LogP contribution in [0.1, 0.15) is 6.92 Å². The topological polar surface area (TPSA) is 153 Å². The van der Waals surface area contributed by atoms with Crippen LogP contribution in [0.3, 0.4) is 0 Å². The molecule has 1 rings (SSSR count). The highest BCUT2D eigenvalue weighted by Crippen LogP contribution is 2.21. The maximum absolute atomic E-state index is 11.9. The number of hydrogen-bond donors (Lipinski definition) is 2. The minimum absolute atomic E-state index is 0.467. The van der Waals surface area contributed by atoms with Gasteiger partial charge in [0.2, 0.25) is 0 Å². The van der Waals surface area contributed by atoms with Crippen LogP contribution in [0.4, 0.5) is 5.69 Å². The molecule has 0 radical (unpaired) electrons. The van der Waals surface area contributed by atoms with Gasteiger partial charge >= 0.3 is 0 Å². The predicted molar refractivity (Wildman–Crippen MR) is 70.0 cm³/mol. The van der Waals surface area contributed by atoms with E-state index >= 15 is 0 Å². The molecule has 0 saturated heterocycles.